The van der Waals surface area contributed by atoms with Crippen LogP contribution in [-0.2, 0) is 14.6 Å². The number of benzene rings is 2. The molecule has 0 aliphatic carbocycles. The first kappa shape index (κ1) is 19.5. The van der Waals surface area contributed by atoms with Gasteiger partial charge in [-0.15, -0.1) is 0 Å². The lowest BCUT2D eigenvalue weighted by Crippen LogP contribution is -2.13. The van der Waals surface area contributed by atoms with Crippen molar-refractivity contribution in [2.75, 3.05) is 25.3 Å². The highest BCUT2D eigenvalue weighted by atomic mass is 32.2. The average molecular weight is 375 g/mol. The molecule has 0 atom stereocenters. The summed E-state index contributed by atoms with van der Waals surface area (Å²) in [4.78, 5) is 12.3. The van der Waals surface area contributed by atoms with E-state index < -0.39 is 15.7 Å². The van der Waals surface area contributed by atoms with E-state index in [1.165, 1.54) is 19.3 Å². The van der Waals surface area contributed by atoms with E-state index >= 15 is 0 Å². The fourth-order valence-corrected chi connectivity index (χ4v) is 3.36. The second-order valence-corrected chi connectivity index (χ2v) is 7.58. The average Bonchev–Trinajstić information content (AvgIpc) is 2.66. The van der Waals surface area contributed by atoms with Crippen LogP contribution in [0.4, 0.5) is 5.69 Å². The van der Waals surface area contributed by atoms with Gasteiger partial charge >= 0.3 is 0 Å². The Morgan fingerprint density at radius 2 is 1.85 bits per heavy atom. The van der Waals surface area contributed by atoms with Gasteiger partial charge in [-0.1, -0.05) is 19.1 Å². The lowest BCUT2D eigenvalue weighted by atomic mass is 10.1. The number of amides is 1. The van der Waals surface area contributed by atoms with E-state index in [-0.39, 0.29) is 16.3 Å². The molecule has 6 nitrogen and oxygen atoms in total. The maximum absolute atomic E-state index is 12.2. The smallest absolute Gasteiger partial charge is 0.248 e. The van der Waals surface area contributed by atoms with Gasteiger partial charge in [-0.25, -0.2) is 8.42 Å². The molecule has 0 radical (unpaired) electrons. The van der Waals surface area contributed by atoms with E-state index in [1.54, 1.807) is 56.5 Å². The summed E-state index contributed by atoms with van der Waals surface area (Å²) in [5.74, 6) is 0.721. The number of methoxy groups -OCH3 is 2. The lowest BCUT2D eigenvalue weighted by molar-refractivity contribution is -0.111. The van der Waals surface area contributed by atoms with Crippen LogP contribution in [-0.4, -0.2) is 34.3 Å². The summed E-state index contributed by atoms with van der Waals surface area (Å²) in [6.07, 6.45) is 2.89. The van der Waals surface area contributed by atoms with Crippen molar-refractivity contribution in [1.82, 2.24) is 0 Å². The molecule has 0 saturated carbocycles. The van der Waals surface area contributed by atoms with E-state index in [1.807, 2.05) is 0 Å². The van der Waals surface area contributed by atoms with Gasteiger partial charge in [-0.2, -0.15) is 0 Å². The number of carbonyl (C=O) groups is 1. The Kier molecular flexibility index (Phi) is 6.41. The number of carbonyl (C=O) groups excluding carboxylic acids is 1. The fourth-order valence-electron chi connectivity index (χ4n) is 2.31. The van der Waals surface area contributed by atoms with Crippen molar-refractivity contribution in [3.8, 4) is 11.5 Å². The Morgan fingerprint density at radius 3 is 2.50 bits per heavy atom. The Balaban J connectivity index is 2.24. The molecule has 1 amide bonds. The molecule has 0 aliphatic heterocycles. The number of sulfone groups is 1. The molecule has 26 heavy (non-hydrogen) atoms. The first-order valence-corrected chi connectivity index (χ1v) is 9.59. The monoisotopic (exact) mass is 375 g/mol. The minimum atomic E-state index is -3.44. The molecular weight excluding hydrogens is 354 g/mol. The zero-order valence-corrected chi connectivity index (χ0v) is 15.7. The van der Waals surface area contributed by atoms with Crippen molar-refractivity contribution in [2.24, 2.45) is 0 Å². The van der Waals surface area contributed by atoms with Crippen molar-refractivity contribution in [3.63, 3.8) is 0 Å². The van der Waals surface area contributed by atoms with E-state index in [4.69, 9.17) is 9.47 Å². The van der Waals surface area contributed by atoms with Crippen LogP contribution in [0.5, 0.6) is 11.5 Å². The summed E-state index contributed by atoms with van der Waals surface area (Å²) in [6.45, 7) is 1.56. The van der Waals surface area contributed by atoms with Gasteiger partial charge in [0.25, 0.3) is 0 Å². The highest BCUT2D eigenvalue weighted by Gasteiger charge is 2.16. The summed E-state index contributed by atoms with van der Waals surface area (Å²) in [5, 5.41) is 2.61. The molecule has 0 bridgehead atoms. The number of para-hydroxylation sites is 1. The number of hydrogen-bond acceptors (Lipinski definition) is 5. The van der Waals surface area contributed by atoms with Crippen molar-refractivity contribution in [2.45, 2.75) is 11.8 Å². The molecule has 0 unspecified atom stereocenters. The highest BCUT2D eigenvalue weighted by molar-refractivity contribution is 7.91. The van der Waals surface area contributed by atoms with Crippen molar-refractivity contribution in [1.29, 1.82) is 0 Å². The molecular formula is C19H21NO5S. The summed E-state index contributed by atoms with van der Waals surface area (Å²) in [6, 6.07) is 11.5. The molecule has 0 heterocycles. The zero-order chi connectivity index (χ0) is 19.2. The van der Waals surface area contributed by atoms with Gasteiger partial charge in [0.05, 0.1) is 30.6 Å². The lowest BCUT2D eigenvalue weighted by Gasteiger charge is -2.10. The van der Waals surface area contributed by atoms with Crippen molar-refractivity contribution in [3.05, 3.63) is 54.1 Å². The minimum absolute atomic E-state index is 0.0449. The van der Waals surface area contributed by atoms with Crippen LogP contribution < -0.4 is 14.8 Å². The molecule has 138 valence electrons. The minimum Gasteiger partial charge on any atom is -0.497 e. The first-order valence-electron chi connectivity index (χ1n) is 7.94. The molecule has 0 fully saturated rings. The molecule has 2 aromatic rings. The highest BCUT2D eigenvalue weighted by Crippen LogP contribution is 2.25. The van der Waals surface area contributed by atoms with Crippen molar-refractivity contribution >= 4 is 27.5 Å². The first-order chi connectivity index (χ1) is 12.4. The third kappa shape index (κ3) is 4.64. The number of ether oxygens (including phenoxy) is 2. The van der Waals surface area contributed by atoms with E-state index in [0.29, 0.717) is 17.1 Å². The van der Waals surface area contributed by atoms with Gasteiger partial charge < -0.3 is 14.8 Å². The molecule has 2 aromatic carbocycles. The standard InChI is InChI=1S/C19H21NO5S/c1-4-26(22,23)18-8-6-5-7-16(18)20-19(21)12-9-14-13-15(24-2)10-11-17(14)25-3/h5-13H,4H2,1-3H3,(H,20,21)/b12-9+. The maximum Gasteiger partial charge on any atom is 0.248 e. The van der Waals surface area contributed by atoms with Crippen LogP contribution >= 0.6 is 0 Å². The fraction of sp³-hybridized carbons (Fsp3) is 0.211. The number of nitrogens with one attached hydrogen (secondary N) is 1. The second kappa shape index (κ2) is 8.53. The predicted molar refractivity (Wildman–Crippen MR) is 101 cm³/mol. The van der Waals surface area contributed by atoms with Gasteiger partial charge in [0.15, 0.2) is 9.84 Å². The van der Waals surface area contributed by atoms with E-state index in [2.05, 4.69) is 5.32 Å². The van der Waals surface area contributed by atoms with Gasteiger partial charge in [-0.3, -0.25) is 4.79 Å². The number of hydrogen-bond donors (Lipinski definition) is 1. The number of rotatable bonds is 7. The predicted octanol–water partition coefficient (Wildman–Crippen LogP) is 3.15. The molecule has 1 N–H and O–H groups in total. The van der Waals surface area contributed by atoms with E-state index in [0.717, 1.165) is 0 Å². The molecule has 0 spiro atoms. The quantitative estimate of drug-likeness (QED) is 0.752. The topological polar surface area (TPSA) is 81.7 Å². The maximum atomic E-state index is 12.2. The molecule has 7 heteroatoms. The van der Waals surface area contributed by atoms with Crippen molar-refractivity contribution < 1.29 is 22.7 Å². The Hall–Kier alpha value is -2.80. The van der Waals surface area contributed by atoms with Crippen LogP contribution in [0.15, 0.2) is 53.4 Å². The molecule has 0 aliphatic rings. The van der Waals surface area contributed by atoms with Gasteiger partial charge in [0.2, 0.25) is 5.91 Å². The van der Waals surface area contributed by atoms with Gasteiger partial charge in [0, 0.05) is 11.6 Å². The van der Waals surface area contributed by atoms with Crippen LogP contribution in [0.3, 0.4) is 0 Å². The summed E-state index contributed by atoms with van der Waals surface area (Å²) < 4.78 is 34.7. The second-order valence-electron chi connectivity index (χ2n) is 5.33. The number of anilines is 1. The van der Waals surface area contributed by atoms with Crippen LogP contribution in [0, 0.1) is 0 Å². The van der Waals surface area contributed by atoms with Gasteiger partial charge in [-0.05, 0) is 36.4 Å². The zero-order valence-electron chi connectivity index (χ0n) is 14.9. The Labute approximate surface area is 153 Å². The SMILES string of the molecule is CCS(=O)(=O)c1ccccc1NC(=O)/C=C/c1cc(OC)ccc1OC. The van der Waals surface area contributed by atoms with Crippen LogP contribution in [0.2, 0.25) is 0 Å². The normalized spacial score (nSPS) is 11.3. The van der Waals surface area contributed by atoms with Crippen LogP contribution in [0.25, 0.3) is 6.08 Å². The van der Waals surface area contributed by atoms with E-state index in [9.17, 15) is 13.2 Å². The molecule has 0 aromatic heterocycles. The van der Waals surface area contributed by atoms with Crippen LogP contribution in [0.1, 0.15) is 12.5 Å². The summed E-state index contributed by atoms with van der Waals surface area (Å²) in [7, 11) is -0.355. The summed E-state index contributed by atoms with van der Waals surface area (Å²) in [5.41, 5.74) is 0.915. The molecule has 2 rings (SSSR count). The third-order valence-corrected chi connectivity index (χ3v) is 5.50. The Bertz CT molecular complexity index is 919. The summed E-state index contributed by atoms with van der Waals surface area (Å²) >= 11 is 0. The Morgan fingerprint density at radius 1 is 1.12 bits per heavy atom. The largest absolute Gasteiger partial charge is 0.497 e. The third-order valence-electron chi connectivity index (χ3n) is 3.71. The molecule has 0 saturated heterocycles. The van der Waals surface area contributed by atoms with Gasteiger partial charge in [0.1, 0.15) is 11.5 Å².